The highest BCUT2D eigenvalue weighted by atomic mass is 35.5. The normalized spacial score (nSPS) is 21.2. The highest BCUT2D eigenvalue weighted by molar-refractivity contribution is 7.99. The fourth-order valence-electron chi connectivity index (χ4n) is 2.19. The number of nitrogens with zero attached hydrogens (tertiary/aromatic N) is 3. The van der Waals surface area contributed by atoms with Gasteiger partial charge in [-0.05, 0) is 14.0 Å². The maximum Gasteiger partial charge on any atom is 0.155 e. The molecule has 1 unspecified atom stereocenters. The molecular weight excluding hydrogens is 270 g/mol. The molecule has 2 rings (SSSR count). The van der Waals surface area contributed by atoms with Crippen LogP contribution in [0.4, 0.5) is 0 Å². The Morgan fingerprint density at radius 2 is 2.28 bits per heavy atom. The zero-order valence-electron chi connectivity index (χ0n) is 10.9. The summed E-state index contributed by atoms with van der Waals surface area (Å²) < 4.78 is 1.62. The van der Waals surface area contributed by atoms with E-state index in [0.29, 0.717) is 11.6 Å². The number of aryl methyl sites for hydroxylation is 2. The number of Topliss-reactive ketones (excluding diaryl/α,β-unsaturated/α-hetero) is 1. The molecule has 6 heteroatoms. The number of ketones is 1. The second-order valence-electron chi connectivity index (χ2n) is 4.69. The van der Waals surface area contributed by atoms with E-state index in [1.54, 1.807) is 11.7 Å². The van der Waals surface area contributed by atoms with Gasteiger partial charge in [-0.25, -0.2) is 0 Å². The lowest BCUT2D eigenvalue weighted by atomic mass is 10.0. The number of carbonyl (C=O) groups is 1. The molecule has 1 fully saturated rings. The molecule has 0 aliphatic carbocycles. The van der Waals surface area contributed by atoms with E-state index in [4.69, 9.17) is 11.6 Å². The lowest BCUT2D eigenvalue weighted by Crippen LogP contribution is -2.45. The topological polar surface area (TPSA) is 38.1 Å². The van der Waals surface area contributed by atoms with Crippen LogP contribution in [0.3, 0.4) is 0 Å². The molecule has 1 atom stereocenters. The molecule has 1 aromatic heterocycles. The zero-order chi connectivity index (χ0) is 13.3. The van der Waals surface area contributed by atoms with E-state index in [1.807, 2.05) is 25.7 Å². The molecule has 0 N–H and O–H groups in total. The highest BCUT2D eigenvalue weighted by Gasteiger charge is 2.27. The van der Waals surface area contributed by atoms with Gasteiger partial charge in [0.15, 0.2) is 5.78 Å². The molecule has 4 nitrogen and oxygen atoms in total. The van der Waals surface area contributed by atoms with E-state index in [1.165, 1.54) is 0 Å². The third-order valence-electron chi connectivity index (χ3n) is 3.39. The molecule has 1 saturated heterocycles. The fourth-order valence-corrected chi connectivity index (χ4v) is 3.68. The number of rotatable bonds is 3. The van der Waals surface area contributed by atoms with E-state index in [-0.39, 0.29) is 11.8 Å². The number of likely N-dealkylation sites (N-methyl/N-ethyl adjacent to an activating group) is 1. The summed E-state index contributed by atoms with van der Waals surface area (Å²) in [7, 11) is 3.81. The molecule has 2 heterocycles. The highest BCUT2D eigenvalue weighted by Crippen LogP contribution is 2.22. The van der Waals surface area contributed by atoms with Crippen molar-refractivity contribution in [3.05, 3.63) is 16.4 Å². The van der Waals surface area contributed by atoms with Gasteiger partial charge in [0.2, 0.25) is 0 Å². The van der Waals surface area contributed by atoms with Crippen LogP contribution in [0.5, 0.6) is 0 Å². The van der Waals surface area contributed by atoms with Gasteiger partial charge in [0.05, 0.1) is 11.7 Å². The quantitative estimate of drug-likeness (QED) is 0.845. The Labute approximate surface area is 117 Å². The number of aromatic nitrogens is 2. The van der Waals surface area contributed by atoms with Crippen molar-refractivity contribution in [2.75, 3.05) is 25.1 Å². The molecule has 0 spiro atoms. The predicted molar refractivity (Wildman–Crippen MR) is 75.4 cm³/mol. The van der Waals surface area contributed by atoms with Crippen molar-refractivity contribution in [1.82, 2.24) is 14.7 Å². The van der Waals surface area contributed by atoms with Crippen molar-refractivity contribution < 1.29 is 4.79 Å². The molecule has 18 heavy (non-hydrogen) atoms. The average Bonchev–Trinajstić information content (AvgIpc) is 2.56. The van der Waals surface area contributed by atoms with Crippen molar-refractivity contribution in [2.24, 2.45) is 7.05 Å². The Bertz CT molecular complexity index is 460. The molecule has 0 bridgehead atoms. The second-order valence-corrected chi connectivity index (χ2v) is 6.20. The third-order valence-corrected chi connectivity index (χ3v) is 4.88. The third kappa shape index (κ3) is 2.73. The van der Waals surface area contributed by atoms with Crippen molar-refractivity contribution in [2.45, 2.75) is 19.4 Å². The molecule has 0 amide bonds. The number of hydrogen-bond donors (Lipinski definition) is 0. The minimum atomic E-state index is 0.0134. The lowest BCUT2D eigenvalue weighted by Gasteiger charge is -2.30. The molecular formula is C12H18ClN3OS. The van der Waals surface area contributed by atoms with Crippen LogP contribution >= 0.6 is 23.4 Å². The number of carbonyl (C=O) groups excluding carboxylic acids is 1. The van der Waals surface area contributed by atoms with E-state index in [2.05, 4.69) is 10.00 Å². The van der Waals surface area contributed by atoms with Crippen molar-refractivity contribution in [1.29, 1.82) is 0 Å². The van der Waals surface area contributed by atoms with Gasteiger partial charge in [-0.2, -0.15) is 16.9 Å². The summed E-state index contributed by atoms with van der Waals surface area (Å²) in [6, 6.07) is 0.0134. The van der Waals surface area contributed by atoms with Gasteiger partial charge in [-0.15, -0.1) is 0 Å². The molecule has 0 saturated carbocycles. The number of halogens is 1. The first kappa shape index (κ1) is 13.9. The molecule has 1 aliphatic heterocycles. The van der Waals surface area contributed by atoms with Crippen LogP contribution in [-0.2, 0) is 18.3 Å². The smallest absolute Gasteiger partial charge is 0.155 e. The average molecular weight is 288 g/mol. The van der Waals surface area contributed by atoms with Crippen molar-refractivity contribution >= 4 is 29.1 Å². The van der Waals surface area contributed by atoms with Gasteiger partial charge in [0, 0.05) is 37.1 Å². The maximum absolute atomic E-state index is 12.3. The van der Waals surface area contributed by atoms with Crippen LogP contribution in [0.1, 0.15) is 11.3 Å². The Balaban J connectivity index is 2.11. The van der Waals surface area contributed by atoms with Crippen LogP contribution in [0, 0.1) is 6.92 Å². The van der Waals surface area contributed by atoms with Crippen molar-refractivity contribution in [3.8, 4) is 0 Å². The summed E-state index contributed by atoms with van der Waals surface area (Å²) in [6.45, 7) is 2.87. The minimum absolute atomic E-state index is 0.0134. The van der Waals surface area contributed by atoms with Crippen LogP contribution in [0.2, 0.25) is 5.15 Å². The summed E-state index contributed by atoms with van der Waals surface area (Å²) in [5.74, 6) is 2.22. The zero-order valence-corrected chi connectivity index (χ0v) is 12.5. The summed E-state index contributed by atoms with van der Waals surface area (Å²) in [4.78, 5) is 14.5. The first-order valence-corrected chi connectivity index (χ1v) is 7.52. The summed E-state index contributed by atoms with van der Waals surface area (Å²) in [5, 5.41) is 4.82. The molecule has 100 valence electrons. The molecule has 1 aromatic rings. The lowest BCUT2D eigenvalue weighted by molar-refractivity contribution is -0.122. The van der Waals surface area contributed by atoms with Gasteiger partial charge < -0.3 is 0 Å². The van der Waals surface area contributed by atoms with Crippen molar-refractivity contribution in [3.63, 3.8) is 0 Å². The van der Waals surface area contributed by atoms with E-state index in [9.17, 15) is 4.79 Å². The summed E-state index contributed by atoms with van der Waals surface area (Å²) in [6.07, 6.45) is 0.383. The van der Waals surface area contributed by atoms with Crippen LogP contribution in [0.25, 0.3) is 0 Å². The number of hydrogen-bond acceptors (Lipinski definition) is 4. The van der Waals surface area contributed by atoms with E-state index in [0.717, 1.165) is 29.3 Å². The Hall–Kier alpha value is -0.520. The summed E-state index contributed by atoms with van der Waals surface area (Å²) >= 11 is 8.01. The molecule has 0 aromatic carbocycles. The predicted octanol–water partition coefficient (Wildman–Crippen LogP) is 1.54. The molecule has 0 radical (unpaired) electrons. The van der Waals surface area contributed by atoms with Gasteiger partial charge in [0.25, 0.3) is 0 Å². The largest absolute Gasteiger partial charge is 0.298 e. The Kier molecular flexibility index (Phi) is 4.35. The standard InChI is InChI=1S/C12H18ClN3OS/c1-8-9(12(13)16(3)14-8)6-11(17)10-7-18-5-4-15(10)2/h10H,4-7H2,1-3H3. The van der Waals surface area contributed by atoms with Gasteiger partial charge >= 0.3 is 0 Å². The molecule has 1 aliphatic rings. The maximum atomic E-state index is 12.3. The second kappa shape index (κ2) is 5.63. The minimum Gasteiger partial charge on any atom is -0.298 e. The number of thioether (sulfide) groups is 1. The summed E-state index contributed by atoms with van der Waals surface area (Å²) in [5.41, 5.74) is 1.72. The van der Waals surface area contributed by atoms with Gasteiger partial charge in [-0.3, -0.25) is 14.4 Å². The van der Waals surface area contributed by atoms with Crippen LogP contribution < -0.4 is 0 Å². The Morgan fingerprint density at radius 3 is 2.83 bits per heavy atom. The van der Waals surface area contributed by atoms with E-state index < -0.39 is 0 Å². The van der Waals surface area contributed by atoms with Crippen LogP contribution in [0.15, 0.2) is 0 Å². The van der Waals surface area contributed by atoms with Crippen LogP contribution in [-0.4, -0.2) is 51.6 Å². The Morgan fingerprint density at radius 1 is 1.56 bits per heavy atom. The van der Waals surface area contributed by atoms with Gasteiger partial charge in [-0.1, -0.05) is 11.6 Å². The first-order chi connectivity index (χ1) is 8.50. The fraction of sp³-hybridized carbons (Fsp3) is 0.667. The first-order valence-electron chi connectivity index (χ1n) is 5.99. The van der Waals surface area contributed by atoms with Gasteiger partial charge in [0.1, 0.15) is 5.15 Å². The van der Waals surface area contributed by atoms with E-state index >= 15 is 0 Å². The SMILES string of the molecule is Cc1nn(C)c(Cl)c1CC(=O)C1CSCCN1C. The monoisotopic (exact) mass is 287 g/mol.